The molecule has 0 bridgehead atoms. The summed E-state index contributed by atoms with van der Waals surface area (Å²) in [6, 6.07) is 14.9. The Labute approximate surface area is 139 Å². The fraction of sp³-hybridized carbons (Fsp3) is 0.400. The zero-order valence-corrected chi connectivity index (χ0v) is 14.3. The molecule has 3 heteroatoms. The van der Waals surface area contributed by atoms with Crippen LogP contribution in [0, 0.1) is 0 Å². The second-order valence-corrected chi connectivity index (χ2v) is 6.00. The van der Waals surface area contributed by atoms with Crippen LogP contribution in [-0.2, 0) is 19.3 Å². The second kappa shape index (κ2) is 8.59. The minimum atomic E-state index is 0.0710. The lowest BCUT2D eigenvalue weighted by atomic mass is 9.99. The molecule has 2 rings (SSSR count). The SMILES string of the molecule is COc1cc(CCCc2ccccc2)cc(OC)c1C[C@H](C)N. The highest BCUT2D eigenvalue weighted by Gasteiger charge is 2.14. The zero-order valence-electron chi connectivity index (χ0n) is 14.3. The van der Waals surface area contributed by atoms with Gasteiger partial charge in [-0.05, 0) is 55.9 Å². The van der Waals surface area contributed by atoms with Gasteiger partial charge in [0.1, 0.15) is 11.5 Å². The molecule has 0 saturated carbocycles. The maximum atomic E-state index is 5.94. The lowest BCUT2D eigenvalue weighted by Crippen LogP contribution is -2.19. The van der Waals surface area contributed by atoms with E-state index in [1.54, 1.807) is 14.2 Å². The van der Waals surface area contributed by atoms with Crippen LogP contribution in [0.1, 0.15) is 30.0 Å². The number of nitrogens with two attached hydrogens (primary N) is 1. The third-order valence-electron chi connectivity index (χ3n) is 3.97. The van der Waals surface area contributed by atoms with Crippen molar-refractivity contribution in [3.05, 3.63) is 59.2 Å². The van der Waals surface area contributed by atoms with Crippen LogP contribution in [0.15, 0.2) is 42.5 Å². The van der Waals surface area contributed by atoms with E-state index >= 15 is 0 Å². The maximum absolute atomic E-state index is 5.94. The standard InChI is InChI=1S/C20H27NO2/c1-15(21)12-18-19(22-2)13-17(14-20(18)23-3)11-7-10-16-8-5-4-6-9-16/h4-6,8-9,13-15H,7,10-12,21H2,1-3H3/t15-/m0/s1. The maximum Gasteiger partial charge on any atom is 0.126 e. The van der Waals surface area contributed by atoms with Crippen molar-refractivity contribution in [2.45, 2.75) is 38.6 Å². The van der Waals surface area contributed by atoms with Crippen molar-refractivity contribution >= 4 is 0 Å². The number of hydrogen-bond donors (Lipinski definition) is 1. The van der Waals surface area contributed by atoms with Gasteiger partial charge >= 0.3 is 0 Å². The van der Waals surface area contributed by atoms with Crippen molar-refractivity contribution in [3.63, 3.8) is 0 Å². The molecule has 0 radical (unpaired) electrons. The number of benzene rings is 2. The summed E-state index contributed by atoms with van der Waals surface area (Å²) in [6.07, 6.45) is 3.92. The Morgan fingerprint density at radius 2 is 1.48 bits per heavy atom. The fourth-order valence-electron chi connectivity index (χ4n) is 2.85. The molecule has 2 N–H and O–H groups in total. The second-order valence-electron chi connectivity index (χ2n) is 6.00. The minimum Gasteiger partial charge on any atom is -0.496 e. The van der Waals surface area contributed by atoms with Gasteiger partial charge in [0.2, 0.25) is 0 Å². The molecule has 0 fully saturated rings. The van der Waals surface area contributed by atoms with Crippen molar-refractivity contribution in [2.75, 3.05) is 14.2 Å². The van der Waals surface area contributed by atoms with Gasteiger partial charge in [0, 0.05) is 11.6 Å². The number of methoxy groups -OCH3 is 2. The summed E-state index contributed by atoms with van der Waals surface area (Å²) in [5, 5.41) is 0. The van der Waals surface area contributed by atoms with Crippen LogP contribution in [0.2, 0.25) is 0 Å². The molecule has 0 spiro atoms. The molecule has 0 saturated heterocycles. The van der Waals surface area contributed by atoms with Gasteiger partial charge in [0.15, 0.2) is 0 Å². The van der Waals surface area contributed by atoms with E-state index in [0.29, 0.717) is 0 Å². The highest BCUT2D eigenvalue weighted by atomic mass is 16.5. The first-order valence-corrected chi connectivity index (χ1v) is 8.17. The average Bonchev–Trinajstić information content (AvgIpc) is 2.56. The molecule has 0 aliphatic heterocycles. The van der Waals surface area contributed by atoms with E-state index in [4.69, 9.17) is 15.2 Å². The Kier molecular flexibility index (Phi) is 6.48. The largest absolute Gasteiger partial charge is 0.496 e. The minimum absolute atomic E-state index is 0.0710. The van der Waals surface area contributed by atoms with Crippen molar-refractivity contribution < 1.29 is 9.47 Å². The van der Waals surface area contributed by atoms with E-state index < -0.39 is 0 Å². The van der Waals surface area contributed by atoms with Crippen LogP contribution in [0.3, 0.4) is 0 Å². The first-order chi connectivity index (χ1) is 11.1. The number of hydrogen-bond acceptors (Lipinski definition) is 3. The molecule has 0 amide bonds. The van der Waals surface area contributed by atoms with Gasteiger partial charge in [-0.25, -0.2) is 0 Å². The van der Waals surface area contributed by atoms with Crippen LogP contribution in [-0.4, -0.2) is 20.3 Å². The van der Waals surface area contributed by atoms with E-state index in [2.05, 4.69) is 42.5 Å². The van der Waals surface area contributed by atoms with E-state index in [9.17, 15) is 0 Å². The number of ether oxygens (including phenoxy) is 2. The van der Waals surface area contributed by atoms with Crippen molar-refractivity contribution in [1.29, 1.82) is 0 Å². The zero-order chi connectivity index (χ0) is 16.7. The molecule has 124 valence electrons. The van der Waals surface area contributed by atoms with Gasteiger partial charge in [-0.15, -0.1) is 0 Å². The van der Waals surface area contributed by atoms with Gasteiger partial charge in [-0.3, -0.25) is 0 Å². The summed E-state index contributed by atoms with van der Waals surface area (Å²) in [7, 11) is 3.40. The Hall–Kier alpha value is -2.00. The third-order valence-corrected chi connectivity index (χ3v) is 3.97. The Balaban J connectivity index is 2.10. The van der Waals surface area contributed by atoms with Crippen molar-refractivity contribution in [2.24, 2.45) is 5.73 Å². The molecule has 2 aromatic carbocycles. The molecule has 0 unspecified atom stereocenters. The topological polar surface area (TPSA) is 44.5 Å². The molecular weight excluding hydrogens is 286 g/mol. The molecule has 2 aromatic rings. The highest BCUT2D eigenvalue weighted by molar-refractivity contribution is 5.48. The highest BCUT2D eigenvalue weighted by Crippen LogP contribution is 2.32. The smallest absolute Gasteiger partial charge is 0.126 e. The number of aryl methyl sites for hydroxylation is 2. The van der Waals surface area contributed by atoms with E-state index in [0.717, 1.165) is 42.7 Å². The molecule has 3 nitrogen and oxygen atoms in total. The summed E-state index contributed by atoms with van der Waals surface area (Å²) in [6.45, 7) is 1.99. The van der Waals surface area contributed by atoms with E-state index in [-0.39, 0.29) is 6.04 Å². The first-order valence-electron chi connectivity index (χ1n) is 8.17. The monoisotopic (exact) mass is 313 g/mol. The fourth-order valence-corrected chi connectivity index (χ4v) is 2.85. The van der Waals surface area contributed by atoms with Crippen molar-refractivity contribution in [3.8, 4) is 11.5 Å². The molecule has 0 aromatic heterocycles. The van der Waals surface area contributed by atoms with Gasteiger partial charge in [-0.1, -0.05) is 30.3 Å². The normalized spacial score (nSPS) is 12.0. The van der Waals surface area contributed by atoms with Gasteiger partial charge in [0.05, 0.1) is 14.2 Å². The summed E-state index contributed by atoms with van der Waals surface area (Å²) in [5.41, 5.74) is 9.61. The molecule has 0 aliphatic rings. The molecule has 0 aliphatic carbocycles. The molecule has 0 heterocycles. The summed E-state index contributed by atoms with van der Waals surface area (Å²) >= 11 is 0. The van der Waals surface area contributed by atoms with Gasteiger partial charge in [0.25, 0.3) is 0 Å². The molecule has 1 atom stereocenters. The van der Waals surface area contributed by atoms with Crippen LogP contribution in [0.5, 0.6) is 11.5 Å². The van der Waals surface area contributed by atoms with E-state index in [1.807, 2.05) is 6.92 Å². The summed E-state index contributed by atoms with van der Waals surface area (Å²) in [4.78, 5) is 0. The van der Waals surface area contributed by atoms with Crippen LogP contribution in [0.25, 0.3) is 0 Å². The van der Waals surface area contributed by atoms with Crippen molar-refractivity contribution in [1.82, 2.24) is 0 Å². The van der Waals surface area contributed by atoms with Crippen LogP contribution < -0.4 is 15.2 Å². The third kappa shape index (κ3) is 5.00. The Bertz CT molecular complexity index is 583. The van der Waals surface area contributed by atoms with Crippen LogP contribution >= 0.6 is 0 Å². The quantitative estimate of drug-likeness (QED) is 0.807. The lowest BCUT2D eigenvalue weighted by Gasteiger charge is -2.17. The van der Waals surface area contributed by atoms with E-state index in [1.165, 1.54) is 11.1 Å². The van der Waals surface area contributed by atoms with Crippen LogP contribution in [0.4, 0.5) is 0 Å². The van der Waals surface area contributed by atoms with Gasteiger partial charge < -0.3 is 15.2 Å². The lowest BCUT2D eigenvalue weighted by molar-refractivity contribution is 0.382. The molecule has 23 heavy (non-hydrogen) atoms. The molecular formula is C20H27NO2. The first kappa shape index (κ1) is 17.4. The Morgan fingerprint density at radius 1 is 0.913 bits per heavy atom. The summed E-state index contributed by atoms with van der Waals surface area (Å²) in [5.74, 6) is 1.74. The number of rotatable bonds is 8. The summed E-state index contributed by atoms with van der Waals surface area (Å²) < 4.78 is 11.1. The van der Waals surface area contributed by atoms with Gasteiger partial charge in [-0.2, -0.15) is 0 Å². The predicted molar refractivity (Wildman–Crippen MR) is 95.4 cm³/mol. The predicted octanol–water partition coefficient (Wildman–Crippen LogP) is 3.77. The average molecular weight is 313 g/mol. The Morgan fingerprint density at radius 3 is 2.00 bits per heavy atom.